The third-order valence-electron chi connectivity index (χ3n) is 7.43. The van der Waals surface area contributed by atoms with E-state index in [0.717, 1.165) is 38.2 Å². The zero-order valence-corrected chi connectivity index (χ0v) is 22.2. The lowest BCUT2D eigenvalue weighted by Gasteiger charge is -2.29. The second kappa shape index (κ2) is 10.6. The zero-order valence-electron chi connectivity index (χ0n) is 22.2. The summed E-state index contributed by atoms with van der Waals surface area (Å²) in [5.41, 5.74) is 3.08. The third kappa shape index (κ3) is 4.79. The van der Waals surface area contributed by atoms with Gasteiger partial charge < -0.3 is 9.64 Å². The predicted octanol–water partition coefficient (Wildman–Crippen LogP) is 4.38. The van der Waals surface area contributed by atoms with Gasteiger partial charge in [-0.05, 0) is 58.8 Å². The van der Waals surface area contributed by atoms with Crippen LogP contribution in [-0.4, -0.2) is 55.5 Å². The summed E-state index contributed by atoms with van der Waals surface area (Å²) in [6.45, 7) is 9.06. The first-order chi connectivity index (χ1) is 18.3. The van der Waals surface area contributed by atoms with Crippen LogP contribution in [0.3, 0.4) is 0 Å². The van der Waals surface area contributed by atoms with E-state index < -0.39 is 5.82 Å². The number of benzene rings is 1. The van der Waals surface area contributed by atoms with Crippen LogP contribution in [0.4, 0.5) is 4.39 Å². The van der Waals surface area contributed by atoms with Gasteiger partial charge in [-0.2, -0.15) is 5.26 Å². The summed E-state index contributed by atoms with van der Waals surface area (Å²) in [5.74, 6) is -0.257. The average Bonchev–Trinajstić information content (AvgIpc) is 3.18. The quantitative estimate of drug-likeness (QED) is 0.359. The lowest BCUT2D eigenvalue weighted by Crippen LogP contribution is -2.35. The summed E-state index contributed by atoms with van der Waals surface area (Å²) < 4.78 is 24.3. The molecule has 1 fully saturated rings. The van der Waals surface area contributed by atoms with Gasteiger partial charge in [-0.15, -0.1) is 10.2 Å². The number of hydrogen-bond acceptors (Lipinski definition) is 7. The topological polar surface area (TPSA) is 102 Å². The molecule has 0 saturated carbocycles. The van der Waals surface area contributed by atoms with E-state index in [0.29, 0.717) is 39.8 Å². The molecule has 38 heavy (non-hydrogen) atoms. The van der Waals surface area contributed by atoms with Crippen LogP contribution < -0.4 is 5.69 Å². The van der Waals surface area contributed by atoms with E-state index in [1.165, 1.54) is 10.6 Å². The van der Waals surface area contributed by atoms with Gasteiger partial charge in [0.1, 0.15) is 11.3 Å². The number of rotatable bonds is 7. The lowest BCUT2D eigenvalue weighted by molar-refractivity contribution is 0.0402. The molecule has 0 radical (unpaired) electrons. The van der Waals surface area contributed by atoms with Crippen LogP contribution in [-0.2, 0) is 11.8 Å². The number of hydrogen-bond donors (Lipinski definition) is 0. The van der Waals surface area contributed by atoms with Gasteiger partial charge in [0.05, 0.1) is 30.0 Å². The molecule has 4 aromatic rings. The fraction of sp³-hybridized carbons (Fsp3) is 0.464. The fourth-order valence-corrected chi connectivity index (χ4v) is 5.15. The standard InChI is InChI=1S/C28H32FN7O2/c1-17(2)36-26-22-13-21(23(29)14-25(22)32-33-27(26)34(4)28(36)37)20-5-6-24(31-16-20)18(3)38-12-11-35-9-7-19(15-30)8-10-35/h5-6,13-14,16-19H,7-12H2,1-4H3. The molecule has 1 atom stereocenters. The summed E-state index contributed by atoms with van der Waals surface area (Å²) in [6.07, 6.45) is 3.27. The van der Waals surface area contributed by atoms with Crippen LogP contribution in [0.5, 0.6) is 0 Å². The summed E-state index contributed by atoms with van der Waals surface area (Å²) >= 11 is 0. The molecule has 1 aromatic carbocycles. The van der Waals surface area contributed by atoms with E-state index in [-0.39, 0.29) is 23.8 Å². The molecule has 0 aliphatic carbocycles. The van der Waals surface area contributed by atoms with E-state index in [1.54, 1.807) is 23.9 Å². The maximum atomic E-state index is 15.2. The van der Waals surface area contributed by atoms with Crippen molar-refractivity contribution < 1.29 is 9.13 Å². The Morgan fingerprint density at radius 1 is 1.18 bits per heavy atom. The van der Waals surface area contributed by atoms with Gasteiger partial charge in [-0.1, -0.05) is 6.07 Å². The van der Waals surface area contributed by atoms with Crippen molar-refractivity contribution in [3.05, 3.63) is 52.5 Å². The molecule has 1 aliphatic heterocycles. The van der Waals surface area contributed by atoms with Gasteiger partial charge in [0.2, 0.25) is 0 Å². The van der Waals surface area contributed by atoms with Gasteiger partial charge >= 0.3 is 5.69 Å². The van der Waals surface area contributed by atoms with Crippen LogP contribution in [0.15, 0.2) is 35.3 Å². The normalized spacial score (nSPS) is 15.9. The first kappa shape index (κ1) is 25.9. The van der Waals surface area contributed by atoms with Gasteiger partial charge in [0, 0.05) is 54.3 Å². The zero-order chi connectivity index (χ0) is 27.0. The summed E-state index contributed by atoms with van der Waals surface area (Å²) in [5, 5.41) is 18.1. The lowest BCUT2D eigenvalue weighted by atomic mass is 9.99. The fourth-order valence-electron chi connectivity index (χ4n) is 5.15. The number of aryl methyl sites for hydroxylation is 1. The second-order valence-corrected chi connectivity index (χ2v) is 10.3. The van der Waals surface area contributed by atoms with Crippen LogP contribution in [0.25, 0.3) is 33.2 Å². The molecular formula is C28H32FN7O2. The van der Waals surface area contributed by atoms with Crippen LogP contribution in [0, 0.1) is 23.1 Å². The van der Waals surface area contributed by atoms with Gasteiger partial charge in [0.15, 0.2) is 5.65 Å². The van der Waals surface area contributed by atoms with Gasteiger partial charge in [-0.25, -0.2) is 9.18 Å². The average molecular weight is 518 g/mol. The second-order valence-electron chi connectivity index (χ2n) is 10.3. The predicted molar refractivity (Wildman–Crippen MR) is 143 cm³/mol. The molecular weight excluding hydrogens is 485 g/mol. The highest BCUT2D eigenvalue weighted by molar-refractivity contribution is 6.02. The number of nitrogens with zero attached hydrogens (tertiary/aromatic N) is 7. The first-order valence-corrected chi connectivity index (χ1v) is 13.0. The van der Waals surface area contributed by atoms with E-state index in [4.69, 9.17) is 10.00 Å². The van der Waals surface area contributed by atoms with Crippen molar-refractivity contribution in [2.45, 2.75) is 45.8 Å². The molecule has 0 amide bonds. The Labute approximate surface area is 220 Å². The minimum atomic E-state index is -0.431. The number of imidazole rings is 1. The highest BCUT2D eigenvalue weighted by Gasteiger charge is 2.21. The number of halogens is 1. The highest BCUT2D eigenvalue weighted by atomic mass is 19.1. The largest absolute Gasteiger partial charge is 0.371 e. The maximum Gasteiger partial charge on any atom is 0.330 e. The van der Waals surface area contributed by atoms with Crippen LogP contribution in [0.1, 0.15) is 51.5 Å². The molecule has 0 N–H and O–H groups in total. The minimum absolute atomic E-state index is 0.0982. The van der Waals surface area contributed by atoms with E-state index in [9.17, 15) is 4.79 Å². The molecule has 0 bridgehead atoms. The number of likely N-dealkylation sites (tertiary alicyclic amines) is 1. The van der Waals surface area contributed by atoms with Crippen molar-refractivity contribution >= 4 is 22.1 Å². The third-order valence-corrected chi connectivity index (χ3v) is 7.43. The Morgan fingerprint density at radius 3 is 2.61 bits per heavy atom. The highest BCUT2D eigenvalue weighted by Crippen LogP contribution is 2.31. The first-order valence-electron chi connectivity index (χ1n) is 13.0. The SMILES string of the molecule is CC(OCCN1CCC(C#N)CC1)c1ccc(-c2cc3c(cc2F)nnc2c3n(C(C)C)c(=O)n2C)cn1. The van der Waals surface area contributed by atoms with Crippen molar-refractivity contribution in [2.24, 2.45) is 13.0 Å². The Kier molecular flexibility index (Phi) is 7.23. The number of piperidine rings is 1. The van der Waals surface area contributed by atoms with Crippen molar-refractivity contribution in [3.8, 4) is 17.2 Å². The Balaban J connectivity index is 1.36. The summed E-state index contributed by atoms with van der Waals surface area (Å²) in [4.78, 5) is 19.7. The molecule has 1 unspecified atom stereocenters. The molecule has 198 valence electrons. The van der Waals surface area contributed by atoms with E-state index in [2.05, 4.69) is 26.2 Å². The van der Waals surface area contributed by atoms with E-state index in [1.807, 2.05) is 32.9 Å². The van der Waals surface area contributed by atoms with Crippen molar-refractivity contribution in [1.82, 2.24) is 29.2 Å². The number of pyridine rings is 1. The van der Waals surface area contributed by atoms with Crippen molar-refractivity contribution in [3.63, 3.8) is 0 Å². The van der Waals surface area contributed by atoms with E-state index >= 15 is 4.39 Å². The van der Waals surface area contributed by atoms with Gasteiger partial charge in [0.25, 0.3) is 0 Å². The summed E-state index contributed by atoms with van der Waals surface area (Å²) in [7, 11) is 1.66. The Hall–Kier alpha value is -3.68. The Morgan fingerprint density at radius 2 is 1.95 bits per heavy atom. The number of aromatic nitrogens is 5. The number of fused-ring (bicyclic) bond motifs is 3. The molecule has 4 heterocycles. The molecule has 1 saturated heterocycles. The molecule has 0 spiro atoms. The van der Waals surface area contributed by atoms with Crippen LogP contribution >= 0.6 is 0 Å². The molecule has 3 aromatic heterocycles. The minimum Gasteiger partial charge on any atom is -0.371 e. The van der Waals surface area contributed by atoms with Crippen LogP contribution in [0.2, 0.25) is 0 Å². The maximum absolute atomic E-state index is 15.2. The van der Waals surface area contributed by atoms with Gasteiger partial charge in [-0.3, -0.25) is 14.1 Å². The molecule has 1 aliphatic rings. The van der Waals surface area contributed by atoms with Crippen molar-refractivity contribution in [1.29, 1.82) is 5.26 Å². The number of nitriles is 1. The molecule has 5 rings (SSSR count). The Bertz CT molecular complexity index is 1560. The molecule has 9 nitrogen and oxygen atoms in total. The van der Waals surface area contributed by atoms with Crippen molar-refractivity contribution in [2.75, 3.05) is 26.2 Å². The smallest absolute Gasteiger partial charge is 0.330 e. The number of ether oxygens (including phenoxy) is 1. The monoisotopic (exact) mass is 517 g/mol. The molecule has 10 heteroatoms. The summed E-state index contributed by atoms with van der Waals surface area (Å²) in [6, 6.07) is 9.04.